The van der Waals surface area contributed by atoms with Gasteiger partial charge in [-0.2, -0.15) is 5.10 Å². The summed E-state index contributed by atoms with van der Waals surface area (Å²) in [7, 11) is 0. The first-order valence-electron chi connectivity index (χ1n) is 8.46. The van der Waals surface area contributed by atoms with Gasteiger partial charge in [0, 0.05) is 23.8 Å². The van der Waals surface area contributed by atoms with Gasteiger partial charge in [-0.05, 0) is 13.3 Å². The summed E-state index contributed by atoms with van der Waals surface area (Å²) in [5, 5.41) is 12.6. The summed E-state index contributed by atoms with van der Waals surface area (Å²) < 4.78 is 1.83. The Morgan fingerprint density at radius 1 is 1.35 bits per heavy atom. The van der Waals surface area contributed by atoms with Crippen LogP contribution < -0.4 is 10.6 Å². The van der Waals surface area contributed by atoms with E-state index in [1.54, 1.807) is 30.9 Å². The van der Waals surface area contributed by atoms with Crippen LogP contribution in [0.3, 0.4) is 0 Å². The molecular weight excluding hydrogens is 350 g/mol. The molecule has 9 heteroatoms. The Morgan fingerprint density at radius 3 is 3.00 bits per heavy atom. The third-order valence-electron chi connectivity index (χ3n) is 3.80. The number of hydrogen-bond acceptors (Lipinski definition) is 6. The molecule has 1 atom stereocenters. The van der Waals surface area contributed by atoms with E-state index in [4.69, 9.17) is 0 Å². The number of nitrogens with zero attached hydrogens (tertiary/aromatic N) is 5. The molecular formula is C17H21N7OS. The molecule has 3 aromatic rings. The van der Waals surface area contributed by atoms with Gasteiger partial charge in [0.05, 0.1) is 30.7 Å². The van der Waals surface area contributed by atoms with Crippen molar-refractivity contribution >= 4 is 23.2 Å². The summed E-state index contributed by atoms with van der Waals surface area (Å²) >= 11 is 1.47. The van der Waals surface area contributed by atoms with Gasteiger partial charge in [-0.3, -0.25) is 15.3 Å². The van der Waals surface area contributed by atoms with Gasteiger partial charge in [0.1, 0.15) is 16.5 Å². The molecule has 0 fully saturated rings. The molecule has 0 saturated carbocycles. The second-order valence-electron chi connectivity index (χ2n) is 5.84. The van der Waals surface area contributed by atoms with Crippen molar-refractivity contribution < 1.29 is 4.79 Å². The zero-order valence-corrected chi connectivity index (χ0v) is 15.5. The lowest BCUT2D eigenvalue weighted by atomic mass is 10.2. The molecule has 0 aliphatic rings. The van der Waals surface area contributed by atoms with E-state index in [1.807, 2.05) is 10.1 Å². The highest BCUT2D eigenvalue weighted by molar-refractivity contribution is 7.13. The van der Waals surface area contributed by atoms with E-state index in [0.29, 0.717) is 12.4 Å². The SMILES string of the molecule is CCC[C@@H](C)n1nccc1NC(=O)NCc1csc(-c2cnccn2)n1. The number of carbonyl (C=O) groups excluding carboxylic acids is 1. The molecule has 0 aromatic carbocycles. The van der Waals surface area contributed by atoms with Crippen LogP contribution in [-0.2, 0) is 6.54 Å². The Morgan fingerprint density at radius 2 is 2.23 bits per heavy atom. The summed E-state index contributed by atoms with van der Waals surface area (Å²) in [5.74, 6) is 0.682. The van der Waals surface area contributed by atoms with Crippen molar-refractivity contribution in [3.8, 4) is 10.7 Å². The summed E-state index contributed by atoms with van der Waals surface area (Å²) in [6.07, 6.45) is 8.67. The van der Waals surface area contributed by atoms with Crippen LogP contribution in [0.1, 0.15) is 38.4 Å². The van der Waals surface area contributed by atoms with Gasteiger partial charge >= 0.3 is 6.03 Å². The van der Waals surface area contributed by atoms with Gasteiger partial charge in [-0.1, -0.05) is 13.3 Å². The Labute approximate surface area is 155 Å². The van der Waals surface area contributed by atoms with Gasteiger partial charge in [0.2, 0.25) is 0 Å². The molecule has 0 aliphatic heterocycles. The van der Waals surface area contributed by atoms with Gasteiger partial charge in [0.25, 0.3) is 0 Å². The molecule has 3 aromatic heterocycles. The first kappa shape index (κ1) is 18.0. The number of amides is 2. The second-order valence-corrected chi connectivity index (χ2v) is 6.70. The number of nitrogens with one attached hydrogen (secondary N) is 2. The molecule has 3 rings (SSSR count). The van der Waals surface area contributed by atoms with Crippen LogP contribution in [0.2, 0.25) is 0 Å². The number of urea groups is 1. The highest BCUT2D eigenvalue weighted by Crippen LogP contribution is 2.21. The molecule has 8 nitrogen and oxygen atoms in total. The molecule has 3 heterocycles. The molecule has 0 saturated heterocycles. The maximum absolute atomic E-state index is 12.2. The Kier molecular flexibility index (Phi) is 5.90. The summed E-state index contributed by atoms with van der Waals surface area (Å²) in [4.78, 5) is 24.9. The average molecular weight is 371 g/mol. The average Bonchev–Trinajstić information content (AvgIpc) is 3.30. The molecule has 26 heavy (non-hydrogen) atoms. The Hall–Kier alpha value is -2.81. The lowest BCUT2D eigenvalue weighted by Crippen LogP contribution is -2.29. The molecule has 2 N–H and O–H groups in total. The van der Waals surface area contributed by atoms with E-state index in [9.17, 15) is 4.79 Å². The van der Waals surface area contributed by atoms with Gasteiger partial charge in [-0.25, -0.2) is 14.5 Å². The fourth-order valence-corrected chi connectivity index (χ4v) is 3.33. The van der Waals surface area contributed by atoms with E-state index in [-0.39, 0.29) is 12.1 Å². The van der Waals surface area contributed by atoms with Crippen molar-refractivity contribution in [3.63, 3.8) is 0 Å². The monoisotopic (exact) mass is 371 g/mol. The number of anilines is 1. The maximum atomic E-state index is 12.2. The summed E-state index contributed by atoms with van der Waals surface area (Å²) in [6, 6.07) is 1.74. The first-order valence-corrected chi connectivity index (χ1v) is 9.34. The van der Waals surface area contributed by atoms with Crippen molar-refractivity contribution in [1.29, 1.82) is 0 Å². The lowest BCUT2D eigenvalue weighted by molar-refractivity contribution is 0.251. The summed E-state index contributed by atoms with van der Waals surface area (Å²) in [6.45, 7) is 4.55. The van der Waals surface area contributed by atoms with Gasteiger partial charge in [0.15, 0.2) is 0 Å². The smallest absolute Gasteiger partial charge is 0.320 e. The maximum Gasteiger partial charge on any atom is 0.320 e. The minimum atomic E-state index is -0.287. The van der Waals surface area contributed by atoms with Crippen LogP contribution in [-0.4, -0.2) is 30.8 Å². The van der Waals surface area contributed by atoms with Crippen LogP contribution in [0.25, 0.3) is 10.7 Å². The molecule has 0 bridgehead atoms. The third-order valence-corrected chi connectivity index (χ3v) is 4.71. The normalized spacial score (nSPS) is 11.9. The predicted octanol–water partition coefficient (Wildman–Crippen LogP) is 3.48. The molecule has 0 aliphatic carbocycles. The molecule has 0 unspecified atom stereocenters. The number of thiazole rings is 1. The van der Waals surface area contributed by atoms with E-state index >= 15 is 0 Å². The first-order chi connectivity index (χ1) is 12.7. The van der Waals surface area contributed by atoms with Crippen LogP contribution in [0, 0.1) is 0 Å². The van der Waals surface area contributed by atoms with Crippen molar-refractivity contribution in [2.45, 2.75) is 39.3 Å². The van der Waals surface area contributed by atoms with Crippen LogP contribution in [0.5, 0.6) is 0 Å². The largest absolute Gasteiger partial charge is 0.332 e. The van der Waals surface area contributed by atoms with Gasteiger partial charge in [-0.15, -0.1) is 11.3 Å². The fraction of sp³-hybridized carbons (Fsp3) is 0.353. The molecule has 0 spiro atoms. The highest BCUT2D eigenvalue weighted by Gasteiger charge is 2.12. The van der Waals surface area contributed by atoms with E-state index < -0.39 is 0 Å². The molecule has 136 valence electrons. The van der Waals surface area contributed by atoms with Crippen molar-refractivity contribution in [3.05, 3.63) is 41.9 Å². The number of carbonyl (C=O) groups is 1. The minimum Gasteiger partial charge on any atom is -0.332 e. The Balaban J connectivity index is 1.55. The second kappa shape index (κ2) is 8.52. The standard InChI is InChI=1S/C17H21N7OS/c1-3-4-12(2)24-15(5-6-21-24)23-17(25)20-9-13-11-26-16(22-13)14-10-18-7-8-19-14/h5-8,10-12H,3-4,9H2,1-2H3,(H2,20,23,25)/t12-/m1/s1. The van der Waals surface area contributed by atoms with E-state index in [2.05, 4.69) is 44.5 Å². The zero-order chi connectivity index (χ0) is 18.4. The fourth-order valence-electron chi connectivity index (χ4n) is 2.55. The van der Waals surface area contributed by atoms with E-state index in [1.165, 1.54) is 11.3 Å². The number of hydrogen-bond donors (Lipinski definition) is 2. The number of aromatic nitrogens is 5. The molecule has 2 amide bonds. The predicted molar refractivity (Wildman–Crippen MR) is 101 cm³/mol. The summed E-state index contributed by atoms with van der Waals surface area (Å²) in [5.41, 5.74) is 1.50. The van der Waals surface area contributed by atoms with Crippen LogP contribution in [0.4, 0.5) is 10.6 Å². The highest BCUT2D eigenvalue weighted by atomic mass is 32.1. The van der Waals surface area contributed by atoms with Crippen LogP contribution >= 0.6 is 11.3 Å². The minimum absolute atomic E-state index is 0.235. The third kappa shape index (κ3) is 4.42. The number of rotatable bonds is 7. The lowest BCUT2D eigenvalue weighted by Gasteiger charge is -2.15. The van der Waals surface area contributed by atoms with Crippen molar-refractivity contribution in [2.75, 3.05) is 5.32 Å². The van der Waals surface area contributed by atoms with Crippen LogP contribution in [0.15, 0.2) is 36.2 Å². The van der Waals surface area contributed by atoms with Crippen molar-refractivity contribution in [1.82, 2.24) is 30.0 Å². The quantitative estimate of drug-likeness (QED) is 0.663. The van der Waals surface area contributed by atoms with Crippen molar-refractivity contribution in [2.24, 2.45) is 0 Å². The molecule has 0 radical (unpaired) electrons. The zero-order valence-electron chi connectivity index (χ0n) is 14.7. The van der Waals surface area contributed by atoms with E-state index in [0.717, 1.165) is 29.2 Å². The topological polar surface area (TPSA) is 97.6 Å². The van der Waals surface area contributed by atoms with Gasteiger partial charge < -0.3 is 5.32 Å². The Bertz CT molecular complexity index is 846.